The Labute approximate surface area is 98.2 Å². The second-order valence-corrected chi connectivity index (χ2v) is 4.20. The molecular weight excluding hydrogens is 226 g/mol. The van der Waals surface area contributed by atoms with E-state index in [9.17, 15) is 9.59 Å². The van der Waals surface area contributed by atoms with Gasteiger partial charge in [-0.25, -0.2) is 4.79 Å². The second kappa shape index (κ2) is 6.84. The zero-order valence-corrected chi connectivity index (χ0v) is 9.89. The monoisotopic (exact) mass is 241 g/mol. The Bertz CT molecular complexity index is 338. The highest BCUT2D eigenvalue weighted by atomic mass is 32.1. The van der Waals surface area contributed by atoms with E-state index in [-0.39, 0.29) is 11.9 Å². The van der Waals surface area contributed by atoms with Crippen LogP contribution in [0, 0.1) is 0 Å². The summed E-state index contributed by atoms with van der Waals surface area (Å²) in [5.74, 6) is -0.0965. The van der Waals surface area contributed by atoms with Crippen molar-refractivity contribution in [1.82, 2.24) is 16.0 Å². The molecule has 0 aliphatic carbocycles. The largest absolute Gasteiger partial charge is 0.355 e. The second-order valence-electron chi connectivity index (χ2n) is 3.17. The van der Waals surface area contributed by atoms with Crippen LogP contribution in [-0.4, -0.2) is 25.0 Å². The molecule has 1 aromatic rings. The van der Waals surface area contributed by atoms with Crippen LogP contribution in [0.4, 0.5) is 4.79 Å². The first-order valence-corrected chi connectivity index (χ1v) is 5.85. The molecule has 0 radical (unpaired) electrons. The molecule has 3 N–H and O–H groups in total. The fourth-order valence-electron chi connectivity index (χ4n) is 1.06. The van der Waals surface area contributed by atoms with Gasteiger partial charge >= 0.3 is 6.03 Å². The Kier molecular flexibility index (Phi) is 5.35. The lowest BCUT2D eigenvalue weighted by molar-refractivity contribution is -0.118. The number of nitrogens with one attached hydrogen (secondary N) is 3. The fraction of sp³-hybridized carbons (Fsp3) is 0.400. The third-order valence-corrected chi connectivity index (χ3v) is 2.66. The van der Waals surface area contributed by atoms with Crippen LogP contribution >= 0.6 is 11.3 Å². The molecule has 6 heteroatoms. The van der Waals surface area contributed by atoms with Crippen LogP contribution in [0.3, 0.4) is 0 Å². The van der Waals surface area contributed by atoms with E-state index in [2.05, 4.69) is 16.0 Å². The maximum atomic E-state index is 11.3. The summed E-state index contributed by atoms with van der Waals surface area (Å²) in [5.41, 5.74) is 0. The van der Waals surface area contributed by atoms with Crippen LogP contribution in [0.1, 0.15) is 11.8 Å². The van der Waals surface area contributed by atoms with Crippen LogP contribution in [0.5, 0.6) is 0 Å². The van der Waals surface area contributed by atoms with E-state index in [4.69, 9.17) is 0 Å². The fourth-order valence-corrected chi connectivity index (χ4v) is 1.70. The van der Waals surface area contributed by atoms with Gasteiger partial charge in [-0.05, 0) is 11.4 Å². The summed E-state index contributed by atoms with van der Waals surface area (Å²) in [7, 11) is 0. The van der Waals surface area contributed by atoms with Crippen molar-refractivity contribution in [3.63, 3.8) is 0 Å². The lowest BCUT2D eigenvalue weighted by Gasteiger charge is -2.06. The van der Waals surface area contributed by atoms with E-state index in [0.29, 0.717) is 19.6 Å². The van der Waals surface area contributed by atoms with Gasteiger partial charge in [0.2, 0.25) is 5.91 Å². The minimum Gasteiger partial charge on any atom is -0.355 e. The van der Waals surface area contributed by atoms with E-state index >= 15 is 0 Å². The van der Waals surface area contributed by atoms with Crippen LogP contribution in [0.2, 0.25) is 0 Å². The summed E-state index contributed by atoms with van der Waals surface area (Å²) in [5, 5.41) is 9.92. The highest BCUT2D eigenvalue weighted by Crippen LogP contribution is 2.06. The molecule has 1 heterocycles. The standard InChI is InChI=1S/C10H15N3O2S/c1-8(14)11-4-5-12-10(15)13-7-9-3-2-6-16-9/h2-3,6H,4-5,7H2,1H3,(H,11,14)(H2,12,13,15). The predicted octanol–water partition coefficient (Wildman–Crippen LogP) is 0.683. The van der Waals surface area contributed by atoms with Gasteiger partial charge in [0.25, 0.3) is 0 Å². The van der Waals surface area contributed by atoms with Crippen LogP contribution < -0.4 is 16.0 Å². The van der Waals surface area contributed by atoms with Crippen LogP contribution in [-0.2, 0) is 11.3 Å². The lowest BCUT2D eigenvalue weighted by atomic mass is 10.5. The zero-order chi connectivity index (χ0) is 11.8. The van der Waals surface area contributed by atoms with Crippen molar-refractivity contribution >= 4 is 23.3 Å². The molecule has 0 unspecified atom stereocenters. The van der Waals surface area contributed by atoms with E-state index in [0.717, 1.165) is 4.88 Å². The highest BCUT2D eigenvalue weighted by molar-refractivity contribution is 7.09. The molecule has 0 saturated carbocycles. The molecule has 0 aromatic carbocycles. The molecule has 5 nitrogen and oxygen atoms in total. The Morgan fingerprint density at radius 3 is 2.62 bits per heavy atom. The molecule has 0 saturated heterocycles. The SMILES string of the molecule is CC(=O)NCCNC(=O)NCc1cccs1. The smallest absolute Gasteiger partial charge is 0.315 e. The van der Waals surface area contributed by atoms with Crippen LogP contribution in [0.25, 0.3) is 0 Å². The molecule has 0 fully saturated rings. The van der Waals surface area contributed by atoms with Crippen molar-refractivity contribution in [2.75, 3.05) is 13.1 Å². The number of hydrogen-bond acceptors (Lipinski definition) is 3. The molecule has 3 amide bonds. The van der Waals surface area contributed by atoms with Gasteiger partial charge in [-0.15, -0.1) is 11.3 Å². The van der Waals surface area contributed by atoms with Gasteiger partial charge in [-0.1, -0.05) is 6.07 Å². The van der Waals surface area contributed by atoms with Crippen molar-refractivity contribution in [1.29, 1.82) is 0 Å². The Balaban J connectivity index is 2.05. The van der Waals surface area contributed by atoms with E-state index in [1.807, 2.05) is 17.5 Å². The molecule has 88 valence electrons. The van der Waals surface area contributed by atoms with Crippen LogP contribution in [0.15, 0.2) is 17.5 Å². The molecular formula is C10H15N3O2S. The van der Waals surface area contributed by atoms with Gasteiger partial charge in [0, 0.05) is 24.9 Å². The minimum absolute atomic E-state index is 0.0965. The van der Waals surface area contributed by atoms with E-state index in [1.165, 1.54) is 6.92 Å². The zero-order valence-electron chi connectivity index (χ0n) is 9.08. The predicted molar refractivity (Wildman–Crippen MR) is 63.2 cm³/mol. The van der Waals surface area contributed by atoms with Gasteiger partial charge in [0.15, 0.2) is 0 Å². The first-order chi connectivity index (χ1) is 7.68. The van der Waals surface area contributed by atoms with Crippen molar-refractivity contribution < 1.29 is 9.59 Å². The van der Waals surface area contributed by atoms with E-state index < -0.39 is 0 Å². The Morgan fingerprint density at radius 2 is 2.00 bits per heavy atom. The first kappa shape index (κ1) is 12.5. The lowest BCUT2D eigenvalue weighted by Crippen LogP contribution is -2.39. The number of thiophene rings is 1. The summed E-state index contributed by atoms with van der Waals surface area (Å²) in [6, 6.07) is 3.68. The summed E-state index contributed by atoms with van der Waals surface area (Å²) in [6.45, 7) is 2.85. The average molecular weight is 241 g/mol. The molecule has 0 aliphatic heterocycles. The Hall–Kier alpha value is -1.56. The van der Waals surface area contributed by atoms with Crippen molar-refractivity contribution in [3.8, 4) is 0 Å². The number of hydrogen-bond donors (Lipinski definition) is 3. The third-order valence-electron chi connectivity index (χ3n) is 1.79. The number of urea groups is 1. The van der Waals surface area contributed by atoms with Gasteiger partial charge in [0.05, 0.1) is 6.54 Å². The van der Waals surface area contributed by atoms with E-state index in [1.54, 1.807) is 11.3 Å². The summed E-state index contributed by atoms with van der Waals surface area (Å²) in [4.78, 5) is 22.9. The average Bonchev–Trinajstić information content (AvgIpc) is 2.74. The summed E-state index contributed by atoms with van der Waals surface area (Å²) in [6.07, 6.45) is 0. The molecule has 1 aromatic heterocycles. The molecule has 0 aliphatic rings. The molecule has 0 atom stereocenters. The highest BCUT2D eigenvalue weighted by Gasteiger charge is 1.99. The van der Waals surface area contributed by atoms with Crippen molar-refractivity contribution in [3.05, 3.63) is 22.4 Å². The molecule has 0 bridgehead atoms. The quantitative estimate of drug-likeness (QED) is 0.664. The van der Waals surface area contributed by atoms with Gasteiger partial charge in [-0.3, -0.25) is 4.79 Å². The molecule has 0 spiro atoms. The normalized spacial score (nSPS) is 9.56. The van der Waals surface area contributed by atoms with Gasteiger partial charge in [-0.2, -0.15) is 0 Å². The van der Waals surface area contributed by atoms with Gasteiger partial charge in [0.1, 0.15) is 0 Å². The number of rotatable bonds is 5. The first-order valence-electron chi connectivity index (χ1n) is 4.97. The molecule has 1 rings (SSSR count). The van der Waals surface area contributed by atoms with Crippen molar-refractivity contribution in [2.24, 2.45) is 0 Å². The summed E-state index contributed by atoms with van der Waals surface area (Å²) >= 11 is 1.60. The Morgan fingerprint density at radius 1 is 1.25 bits per heavy atom. The van der Waals surface area contributed by atoms with Gasteiger partial charge < -0.3 is 16.0 Å². The summed E-state index contributed by atoms with van der Waals surface area (Å²) < 4.78 is 0. The van der Waals surface area contributed by atoms with Crippen molar-refractivity contribution in [2.45, 2.75) is 13.5 Å². The number of carbonyl (C=O) groups is 2. The topological polar surface area (TPSA) is 70.2 Å². The molecule has 16 heavy (non-hydrogen) atoms. The third kappa shape index (κ3) is 5.35. The number of carbonyl (C=O) groups excluding carboxylic acids is 2. The minimum atomic E-state index is -0.223. The number of amides is 3. The maximum Gasteiger partial charge on any atom is 0.315 e. The maximum absolute atomic E-state index is 11.3.